The second-order valence-electron chi connectivity index (χ2n) is 5.86. The fourth-order valence-electron chi connectivity index (χ4n) is 2.81. The van der Waals surface area contributed by atoms with Crippen molar-refractivity contribution in [3.63, 3.8) is 0 Å². The Labute approximate surface area is 139 Å². The summed E-state index contributed by atoms with van der Waals surface area (Å²) in [5.41, 5.74) is 0.468. The van der Waals surface area contributed by atoms with Gasteiger partial charge >= 0.3 is 6.61 Å². The maximum Gasteiger partial charge on any atom is 0.387 e. The lowest BCUT2D eigenvalue weighted by Gasteiger charge is -2.28. The summed E-state index contributed by atoms with van der Waals surface area (Å²) in [6, 6.07) is 4.22. The van der Waals surface area contributed by atoms with E-state index in [4.69, 9.17) is 11.6 Å². The molecule has 0 radical (unpaired) electrons. The van der Waals surface area contributed by atoms with Gasteiger partial charge in [0.05, 0.1) is 5.02 Å². The first-order chi connectivity index (χ1) is 11.0. The van der Waals surface area contributed by atoms with Crippen molar-refractivity contribution in [3.05, 3.63) is 23.2 Å². The highest BCUT2D eigenvalue weighted by Gasteiger charge is 2.22. The van der Waals surface area contributed by atoms with Gasteiger partial charge in [-0.2, -0.15) is 8.78 Å². The van der Waals surface area contributed by atoms with E-state index in [0.29, 0.717) is 18.0 Å². The molecule has 2 N–H and O–H groups in total. The Morgan fingerprint density at radius 1 is 1.52 bits per heavy atom. The van der Waals surface area contributed by atoms with Crippen LogP contribution in [0.2, 0.25) is 5.02 Å². The standard InChI is InChI=1S/C16H21ClF2N2O2/c1-10(11-3-2-6-20-9-11)7-15(22)21-12-4-5-14(13(17)8-12)23-16(18)19/h4-5,8,10-11,16,20H,2-3,6-7,9H2,1H3,(H,21,22). The predicted molar refractivity (Wildman–Crippen MR) is 86.1 cm³/mol. The molecule has 2 unspecified atom stereocenters. The number of halogens is 3. The van der Waals surface area contributed by atoms with Crippen LogP contribution in [-0.4, -0.2) is 25.6 Å². The van der Waals surface area contributed by atoms with E-state index in [1.165, 1.54) is 18.2 Å². The minimum absolute atomic E-state index is 0.0348. The summed E-state index contributed by atoms with van der Waals surface area (Å²) in [5.74, 6) is 0.558. The normalized spacial score (nSPS) is 19.4. The zero-order valence-electron chi connectivity index (χ0n) is 13.0. The number of anilines is 1. The van der Waals surface area contributed by atoms with Crippen LogP contribution in [0.5, 0.6) is 5.75 Å². The highest BCUT2D eigenvalue weighted by molar-refractivity contribution is 6.32. The van der Waals surface area contributed by atoms with E-state index in [1.807, 2.05) is 0 Å². The number of hydrogen-bond donors (Lipinski definition) is 2. The van der Waals surface area contributed by atoms with Gasteiger partial charge in [0.25, 0.3) is 0 Å². The van der Waals surface area contributed by atoms with Crippen LogP contribution in [0.15, 0.2) is 18.2 Å². The average molecular weight is 347 g/mol. The first-order valence-electron chi connectivity index (χ1n) is 7.70. The summed E-state index contributed by atoms with van der Waals surface area (Å²) in [6.45, 7) is 1.13. The van der Waals surface area contributed by atoms with Gasteiger partial charge in [0, 0.05) is 12.1 Å². The molecule has 1 aliphatic rings. The van der Waals surface area contributed by atoms with E-state index in [2.05, 4.69) is 22.3 Å². The zero-order chi connectivity index (χ0) is 16.8. The number of nitrogens with one attached hydrogen (secondary N) is 2. The topological polar surface area (TPSA) is 50.4 Å². The van der Waals surface area contributed by atoms with Gasteiger partial charge in [-0.3, -0.25) is 4.79 Å². The Balaban J connectivity index is 1.88. The maximum atomic E-state index is 12.2. The lowest BCUT2D eigenvalue weighted by Crippen LogP contribution is -2.34. The molecule has 1 aromatic rings. The van der Waals surface area contributed by atoms with Gasteiger partial charge in [0.1, 0.15) is 5.75 Å². The third kappa shape index (κ3) is 5.62. The molecule has 4 nitrogen and oxygen atoms in total. The number of carbonyl (C=O) groups excluding carboxylic acids is 1. The molecule has 0 aliphatic carbocycles. The van der Waals surface area contributed by atoms with Gasteiger partial charge in [-0.05, 0) is 56.0 Å². The van der Waals surface area contributed by atoms with Crippen LogP contribution in [0.3, 0.4) is 0 Å². The van der Waals surface area contributed by atoms with Crippen molar-refractivity contribution in [1.29, 1.82) is 0 Å². The van der Waals surface area contributed by atoms with Crippen molar-refractivity contribution in [2.75, 3.05) is 18.4 Å². The van der Waals surface area contributed by atoms with Crippen LogP contribution >= 0.6 is 11.6 Å². The molecule has 0 saturated carbocycles. The number of amides is 1. The molecular weight excluding hydrogens is 326 g/mol. The quantitative estimate of drug-likeness (QED) is 0.821. The first-order valence-corrected chi connectivity index (χ1v) is 8.08. The minimum atomic E-state index is -2.93. The fraction of sp³-hybridized carbons (Fsp3) is 0.562. The maximum absolute atomic E-state index is 12.2. The van der Waals surface area contributed by atoms with Crippen LogP contribution < -0.4 is 15.4 Å². The average Bonchev–Trinajstić information content (AvgIpc) is 2.50. The third-order valence-electron chi connectivity index (χ3n) is 4.08. The molecule has 0 aromatic heterocycles. The van der Waals surface area contributed by atoms with Crippen molar-refractivity contribution in [1.82, 2.24) is 5.32 Å². The van der Waals surface area contributed by atoms with Crippen molar-refractivity contribution in [3.8, 4) is 5.75 Å². The Bertz CT molecular complexity index is 537. The third-order valence-corrected chi connectivity index (χ3v) is 4.37. The number of piperidine rings is 1. The molecule has 7 heteroatoms. The Morgan fingerprint density at radius 3 is 2.91 bits per heavy atom. The zero-order valence-corrected chi connectivity index (χ0v) is 13.7. The predicted octanol–water partition coefficient (Wildman–Crippen LogP) is 3.91. The number of hydrogen-bond acceptors (Lipinski definition) is 3. The Morgan fingerprint density at radius 2 is 2.30 bits per heavy atom. The Hall–Kier alpha value is -1.40. The molecule has 1 saturated heterocycles. The van der Waals surface area contributed by atoms with Crippen molar-refractivity contribution >= 4 is 23.2 Å². The smallest absolute Gasteiger partial charge is 0.387 e. The summed E-state index contributed by atoms with van der Waals surface area (Å²) in [7, 11) is 0. The molecule has 23 heavy (non-hydrogen) atoms. The van der Waals surface area contributed by atoms with Crippen LogP contribution in [0.1, 0.15) is 26.2 Å². The lowest BCUT2D eigenvalue weighted by molar-refractivity contribution is -0.117. The second-order valence-corrected chi connectivity index (χ2v) is 6.27. The molecule has 2 rings (SSSR count). The fourth-order valence-corrected chi connectivity index (χ4v) is 3.03. The van der Waals surface area contributed by atoms with Gasteiger partial charge in [0.2, 0.25) is 5.91 Å². The molecule has 2 atom stereocenters. The molecule has 128 valence electrons. The number of rotatable bonds is 6. The molecular formula is C16H21ClF2N2O2. The number of benzene rings is 1. The molecule has 1 heterocycles. The van der Waals surface area contributed by atoms with E-state index in [1.54, 1.807) is 0 Å². The van der Waals surface area contributed by atoms with Gasteiger partial charge in [-0.25, -0.2) is 0 Å². The van der Waals surface area contributed by atoms with Gasteiger partial charge in [-0.1, -0.05) is 18.5 Å². The van der Waals surface area contributed by atoms with E-state index in [0.717, 1.165) is 25.9 Å². The summed E-state index contributed by atoms with van der Waals surface area (Å²) in [5, 5.41) is 6.12. The lowest BCUT2D eigenvalue weighted by atomic mass is 9.85. The van der Waals surface area contributed by atoms with E-state index < -0.39 is 6.61 Å². The number of ether oxygens (including phenoxy) is 1. The molecule has 0 spiro atoms. The Kier molecular flexibility index (Phi) is 6.59. The van der Waals surface area contributed by atoms with Crippen LogP contribution in [0, 0.1) is 11.8 Å². The largest absolute Gasteiger partial charge is 0.433 e. The first kappa shape index (κ1) is 17.9. The van der Waals surface area contributed by atoms with Gasteiger partial charge in [0.15, 0.2) is 0 Å². The molecule has 1 aliphatic heterocycles. The van der Waals surface area contributed by atoms with Crippen LogP contribution in [0.4, 0.5) is 14.5 Å². The molecule has 1 aromatic carbocycles. The highest BCUT2D eigenvalue weighted by atomic mass is 35.5. The van der Waals surface area contributed by atoms with E-state index in [9.17, 15) is 13.6 Å². The van der Waals surface area contributed by atoms with Gasteiger partial charge in [-0.15, -0.1) is 0 Å². The molecule has 1 fully saturated rings. The van der Waals surface area contributed by atoms with Crippen molar-refractivity contribution < 1.29 is 18.3 Å². The number of alkyl halides is 2. The number of carbonyl (C=O) groups is 1. The summed E-state index contributed by atoms with van der Waals surface area (Å²) in [6.07, 6.45) is 2.68. The summed E-state index contributed by atoms with van der Waals surface area (Å²) < 4.78 is 28.6. The summed E-state index contributed by atoms with van der Waals surface area (Å²) >= 11 is 5.87. The second kappa shape index (κ2) is 8.45. The SMILES string of the molecule is CC(CC(=O)Nc1ccc(OC(F)F)c(Cl)c1)C1CCCNC1. The van der Waals surface area contributed by atoms with E-state index in [-0.39, 0.29) is 22.6 Å². The molecule has 0 bridgehead atoms. The summed E-state index contributed by atoms with van der Waals surface area (Å²) in [4.78, 5) is 12.1. The molecule has 1 amide bonds. The minimum Gasteiger partial charge on any atom is -0.433 e. The highest BCUT2D eigenvalue weighted by Crippen LogP contribution is 2.29. The van der Waals surface area contributed by atoms with Gasteiger partial charge < -0.3 is 15.4 Å². The van der Waals surface area contributed by atoms with Crippen LogP contribution in [0.25, 0.3) is 0 Å². The van der Waals surface area contributed by atoms with Crippen molar-refractivity contribution in [2.45, 2.75) is 32.8 Å². The van der Waals surface area contributed by atoms with Crippen LogP contribution in [-0.2, 0) is 4.79 Å². The van der Waals surface area contributed by atoms with Crippen molar-refractivity contribution in [2.24, 2.45) is 11.8 Å². The van der Waals surface area contributed by atoms with E-state index >= 15 is 0 Å². The monoisotopic (exact) mass is 346 g/mol.